The first-order valence-electron chi connectivity index (χ1n) is 4.06. The molecule has 0 spiro atoms. The Morgan fingerprint density at radius 1 is 1.67 bits per heavy atom. The SMILES string of the molecule is COC(=O)C1(O)CCCCC1Br. The topological polar surface area (TPSA) is 46.5 Å². The first-order chi connectivity index (χ1) is 5.61. The number of carbonyl (C=O) groups excluding carboxylic acids is 1. The molecule has 2 atom stereocenters. The van der Waals surface area contributed by atoms with Crippen LogP contribution in [0.4, 0.5) is 0 Å². The van der Waals surface area contributed by atoms with E-state index in [1.807, 2.05) is 0 Å². The average Bonchev–Trinajstić information content (AvgIpc) is 2.09. The van der Waals surface area contributed by atoms with Crippen LogP contribution in [-0.4, -0.2) is 28.6 Å². The highest BCUT2D eigenvalue weighted by atomic mass is 79.9. The van der Waals surface area contributed by atoms with Crippen molar-refractivity contribution in [1.29, 1.82) is 0 Å². The summed E-state index contributed by atoms with van der Waals surface area (Å²) in [6.45, 7) is 0. The summed E-state index contributed by atoms with van der Waals surface area (Å²) in [4.78, 5) is 11.0. The minimum absolute atomic E-state index is 0.161. The summed E-state index contributed by atoms with van der Waals surface area (Å²) < 4.78 is 4.54. The van der Waals surface area contributed by atoms with E-state index < -0.39 is 11.6 Å². The predicted octanol–water partition coefficient (Wildman–Crippen LogP) is 1.23. The number of esters is 1. The maximum absolute atomic E-state index is 11.2. The molecule has 0 heterocycles. The number of aliphatic hydroxyl groups is 1. The molecule has 0 bridgehead atoms. The molecule has 0 radical (unpaired) electrons. The fourth-order valence-electron chi connectivity index (χ4n) is 1.52. The second-order valence-electron chi connectivity index (χ2n) is 3.13. The second-order valence-corrected chi connectivity index (χ2v) is 4.23. The van der Waals surface area contributed by atoms with Gasteiger partial charge in [-0.2, -0.15) is 0 Å². The normalized spacial score (nSPS) is 36.1. The number of hydrogen-bond acceptors (Lipinski definition) is 3. The Morgan fingerprint density at radius 3 is 2.83 bits per heavy atom. The molecule has 0 aliphatic heterocycles. The molecule has 4 heteroatoms. The van der Waals surface area contributed by atoms with Gasteiger partial charge in [-0.25, -0.2) is 4.79 Å². The van der Waals surface area contributed by atoms with E-state index in [-0.39, 0.29) is 4.83 Å². The minimum atomic E-state index is -1.30. The van der Waals surface area contributed by atoms with Crippen LogP contribution in [0.3, 0.4) is 0 Å². The average molecular weight is 237 g/mol. The highest BCUT2D eigenvalue weighted by molar-refractivity contribution is 9.09. The number of ether oxygens (including phenoxy) is 1. The van der Waals surface area contributed by atoms with Crippen LogP contribution in [-0.2, 0) is 9.53 Å². The molecule has 1 N–H and O–H groups in total. The van der Waals surface area contributed by atoms with Gasteiger partial charge in [-0.1, -0.05) is 22.4 Å². The molecule has 1 fully saturated rings. The molecule has 12 heavy (non-hydrogen) atoms. The molecule has 0 aromatic heterocycles. The summed E-state index contributed by atoms with van der Waals surface area (Å²) in [5, 5.41) is 9.89. The van der Waals surface area contributed by atoms with Crippen molar-refractivity contribution in [3.63, 3.8) is 0 Å². The van der Waals surface area contributed by atoms with Crippen molar-refractivity contribution in [2.45, 2.75) is 36.1 Å². The second kappa shape index (κ2) is 3.75. The lowest BCUT2D eigenvalue weighted by molar-refractivity contribution is -0.164. The van der Waals surface area contributed by atoms with Gasteiger partial charge in [-0.3, -0.25) is 0 Å². The minimum Gasteiger partial charge on any atom is -0.467 e. The number of halogens is 1. The van der Waals surface area contributed by atoms with Crippen molar-refractivity contribution in [3.8, 4) is 0 Å². The van der Waals surface area contributed by atoms with E-state index in [1.165, 1.54) is 7.11 Å². The molecule has 0 amide bonds. The van der Waals surface area contributed by atoms with E-state index in [2.05, 4.69) is 20.7 Å². The summed E-state index contributed by atoms with van der Waals surface area (Å²) in [5.41, 5.74) is -1.30. The molecule has 1 rings (SSSR count). The lowest BCUT2D eigenvalue weighted by Crippen LogP contribution is -2.49. The van der Waals surface area contributed by atoms with Gasteiger partial charge in [-0.05, 0) is 19.3 Å². The van der Waals surface area contributed by atoms with Crippen molar-refractivity contribution in [1.82, 2.24) is 0 Å². The van der Waals surface area contributed by atoms with Gasteiger partial charge in [0, 0.05) is 0 Å². The zero-order valence-electron chi connectivity index (χ0n) is 7.05. The fraction of sp³-hybridized carbons (Fsp3) is 0.875. The van der Waals surface area contributed by atoms with Crippen LogP contribution in [0.15, 0.2) is 0 Å². The van der Waals surface area contributed by atoms with Crippen molar-refractivity contribution >= 4 is 21.9 Å². The van der Waals surface area contributed by atoms with Gasteiger partial charge in [0.25, 0.3) is 0 Å². The van der Waals surface area contributed by atoms with Crippen LogP contribution in [0.1, 0.15) is 25.7 Å². The monoisotopic (exact) mass is 236 g/mol. The van der Waals surface area contributed by atoms with Gasteiger partial charge < -0.3 is 9.84 Å². The van der Waals surface area contributed by atoms with Crippen LogP contribution < -0.4 is 0 Å². The van der Waals surface area contributed by atoms with E-state index in [9.17, 15) is 9.90 Å². The molecular formula is C8H13BrO3. The smallest absolute Gasteiger partial charge is 0.339 e. The highest BCUT2D eigenvalue weighted by Crippen LogP contribution is 2.34. The van der Waals surface area contributed by atoms with Crippen LogP contribution >= 0.6 is 15.9 Å². The molecule has 70 valence electrons. The summed E-state index contributed by atoms with van der Waals surface area (Å²) in [6, 6.07) is 0. The third-order valence-electron chi connectivity index (χ3n) is 2.32. The van der Waals surface area contributed by atoms with Gasteiger partial charge in [-0.15, -0.1) is 0 Å². The van der Waals surface area contributed by atoms with Gasteiger partial charge in [0.05, 0.1) is 11.9 Å². The molecule has 1 aliphatic rings. The van der Waals surface area contributed by atoms with Crippen molar-refractivity contribution in [3.05, 3.63) is 0 Å². The lowest BCUT2D eigenvalue weighted by atomic mass is 9.85. The number of hydrogen-bond donors (Lipinski definition) is 1. The van der Waals surface area contributed by atoms with E-state index >= 15 is 0 Å². The maximum Gasteiger partial charge on any atom is 0.339 e. The van der Waals surface area contributed by atoms with Crippen LogP contribution in [0.5, 0.6) is 0 Å². The predicted molar refractivity (Wildman–Crippen MR) is 48.1 cm³/mol. The van der Waals surface area contributed by atoms with Gasteiger partial charge in [0.2, 0.25) is 0 Å². The zero-order chi connectivity index (χ0) is 9.19. The quantitative estimate of drug-likeness (QED) is 0.551. The molecule has 0 saturated heterocycles. The third-order valence-corrected chi connectivity index (χ3v) is 3.54. The van der Waals surface area contributed by atoms with Crippen molar-refractivity contribution < 1.29 is 14.6 Å². The Morgan fingerprint density at radius 2 is 2.33 bits per heavy atom. The summed E-state index contributed by atoms with van der Waals surface area (Å²) in [6.07, 6.45) is 3.25. The molecule has 1 aliphatic carbocycles. The van der Waals surface area contributed by atoms with Gasteiger partial charge in [0.1, 0.15) is 0 Å². The number of methoxy groups -OCH3 is 1. The van der Waals surface area contributed by atoms with Crippen LogP contribution in [0.25, 0.3) is 0 Å². The first kappa shape index (κ1) is 9.99. The Hall–Kier alpha value is -0.0900. The zero-order valence-corrected chi connectivity index (χ0v) is 8.63. The molecule has 0 aromatic carbocycles. The fourth-order valence-corrected chi connectivity index (χ4v) is 2.26. The Bertz CT molecular complexity index is 183. The summed E-state index contributed by atoms with van der Waals surface area (Å²) >= 11 is 3.30. The van der Waals surface area contributed by atoms with E-state index in [0.717, 1.165) is 19.3 Å². The molecule has 2 unspecified atom stereocenters. The van der Waals surface area contributed by atoms with Crippen molar-refractivity contribution in [2.75, 3.05) is 7.11 Å². The number of alkyl halides is 1. The molecule has 1 saturated carbocycles. The highest BCUT2D eigenvalue weighted by Gasteiger charge is 2.45. The lowest BCUT2D eigenvalue weighted by Gasteiger charge is -2.33. The summed E-state index contributed by atoms with van der Waals surface area (Å²) in [5.74, 6) is -0.524. The van der Waals surface area contributed by atoms with E-state index in [1.54, 1.807) is 0 Å². The largest absolute Gasteiger partial charge is 0.467 e. The van der Waals surface area contributed by atoms with Crippen LogP contribution in [0, 0.1) is 0 Å². The first-order valence-corrected chi connectivity index (χ1v) is 4.97. The Balaban J connectivity index is 2.72. The number of rotatable bonds is 1. The van der Waals surface area contributed by atoms with Gasteiger partial charge in [0.15, 0.2) is 5.60 Å². The van der Waals surface area contributed by atoms with E-state index in [0.29, 0.717) is 6.42 Å². The number of carbonyl (C=O) groups is 1. The maximum atomic E-state index is 11.2. The van der Waals surface area contributed by atoms with E-state index in [4.69, 9.17) is 0 Å². The van der Waals surface area contributed by atoms with Crippen LogP contribution in [0.2, 0.25) is 0 Å². The third kappa shape index (κ3) is 1.64. The summed E-state index contributed by atoms with van der Waals surface area (Å²) in [7, 11) is 1.30. The standard InChI is InChI=1S/C8H13BrO3/c1-12-7(10)8(11)5-3-2-4-6(8)9/h6,11H,2-5H2,1H3. The molecule has 0 aromatic rings. The Labute approximate surface area is 80.2 Å². The Kier molecular flexibility index (Phi) is 3.12. The molecular weight excluding hydrogens is 224 g/mol. The molecule has 3 nitrogen and oxygen atoms in total. The van der Waals surface area contributed by atoms with Gasteiger partial charge >= 0.3 is 5.97 Å². The van der Waals surface area contributed by atoms with Crippen molar-refractivity contribution in [2.24, 2.45) is 0 Å².